The summed E-state index contributed by atoms with van der Waals surface area (Å²) in [6, 6.07) is 20.1. The molecule has 0 saturated heterocycles. The van der Waals surface area contributed by atoms with Crippen LogP contribution in [0.5, 0.6) is 0 Å². The van der Waals surface area contributed by atoms with Crippen LogP contribution in [0.3, 0.4) is 0 Å². The molecule has 0 saturated carbocycles. The summed E-state index contributed by atoms with van der Waals surface area (Å²) in [4.78, 5) is 19.6. The lowest BCUT2D eigenvalue weighted by Gasteiger charge is -2.22. The van der Waals surface area contributed by atoms with Crippen LogP contribution < -0.4 is 10.5 Å². The first-order chi connectivity index (χ1) is 12.6. The molecule has 4 aromatic rings. The van der Waals surface area contributed by atoms with Crippen LogP contribution in [-0.2, 0) is 6.54 Å². The number of benzene rings is 2. The highest BCUT2D eigenvalue weighted by atomic mass is 32.1. The summed E-state index contributed by atoms with van der Waals surface area (Å²) in [5.41, 5.74) is 4.02. The van der Waals surface area contributed by atoms with Crippen LogP contribution in [0, 0.1) is 6.92 Å². The van der Waals surface area contributed by atoms with Gasteiger partial charge in [-0.3, -0.25) is 4.79 Å². The molecule has 0 N–H and O–H groups in total. The molecule has 0 bridgehead atoms. The van der Waals surface area contributed by atoms with Crippen molar-refractivity contribution in [3.8, 4) is 11.1 Å². The summed E-state index contributed by atoms with van der Waals surface area (Å²) in [6.07, 6.45) is 0. The largest absolute Gasteiger partial charge is 0.368 e. The number of aromatic nitrogens is 3. The highest BCUT2D eigenvalue weighted by Crippen LogP contribution is 2.30. The fourth-order valence-electron chi connectivity index (χ4n) is 3.03. The molecule has 0 amide bonds. The first-order valence-electron chi connectivity index (χ1n) is 8.34. The molecule has 2 heterocycles. The summed E-state index contributed by atoms with van der Waals surface area (Å²) in [5.74, 6) is 0. The molecular formula is C20H18N4OS. The maximum atomic E-state index is 12.3. The monoisotopic (exact) mass is 362 g/mol. The molecule has 130 valence electrons. The molecular weight excluding hydrogens is 344 g/mol. The molecule has 0 unspecified atom stereocenters. The van der Waals surface area contributed by atoms with Crippen LogP contribution in [0.25, 0.3) is 16.1 Å². The normalized spacial score (nSPS) is 11.0. The maximum Gasteiger partial charge on any atom is 0.275 e. The Balaban J connectivity index is 1.69. The van der Waals surface area contributed by atoms with Gasteiger partial charge in [-0.05, 0) is 18.6 Å². The minimum atomic E-state index is -0.140. The summed E-state index contributed by atoms with van der Waals surface area (Å²) in [7, 11) is 2.02. The second-order valence-electron chi connectivity index (χ2n) is 6.14. The van der Waals surface area contributed by atoms with Crippen LogP contribution in [0.15, 0.2) is 65.5 Å². The van der Waals surface area contributed by atoms with E-state index in [1.807, 2.05) is 44.3 Å². The van der Waals surface area contributed by atoms with Crippen molar-refractivity contribution in [3.63, 3.8) is 0 Å². The van der Waals surface area contributed by atoms with E-state index in [0.717, 1.165) is 27.5 Å². The molecule has 2 aromatic heterocycles. The van der Waals surface area contributed by atoms with Gasteiger partial charge >= 0.3 is 0 Å². The van der Waals surface area contributed by atoms with Crippen molar-refractivity contribution in [3.05, 3.63) is 81.7 Å². The predicted molar refractivity (Wildman–Crippen MR) is 106 cm³/mol. The molecule has 0 aliphatic carbocycles. The van der Waals surface area contributed by atoms with Crippen LogP contribution in [0.1, 0.15) is 10.7 Å². The third-order valence-electron chi connectivity index (χ3n) is 4.20. The molecule has 5 nitrogen and oxygen atoms in total. The van der Waals surface area contributed by atoms with E-state index in [1.54, 1.807) is 6.07 Å². The minimum absolute atomic E-state index is 0.140. The second-order valence-corrected chi connectivity index (χ2v) is 7.30. The summed E-state index contributed by atoms with van der Waals surface area (Å²) < 4.78 is 1.36. The van der Waals surface area contributed by atoms with Gasteiger partial charge in [0.05, 0.1) is 12.2 Å². The number of anilines is 1. The Morgan fingerprint density at radius 3 is 2.62 bits per heavy atom. The highest BCUT2D eigenvalue weighted by molar-refractivity contribution is 7.16. The van der Waals surface area contributed by atoms with Crippen molar-refractivity contribution in [1.82, 2.24) is 14.6 Å². The fourth-order valence-corrected chi connectivity index (χ4v) is 3.80. The van der Waals surface area contributed by atoms with Crippen molar-refractivity contribution in [2.24, 2.45) is 0 Å². The number of hydrogen-bond acceptors (Lipinski definition) is 5. The number of para-hydroxylation sites is 1. The summed E-state index contributed by atoms with van der Waals surface area (Å²) in [6.45, 7) is 2.42. The maximum absolute atomic E-state index is 12.3. The second kappa shape index (κ2) is 6.72. The van der Waals surface area contributed by atoms with Crippen molar-refractivity contribution in [2.45, 2.75) is 13.5 Å². The van der Waals surface area contributed by atoms with Crippen molar-refractivity contribution in [1.29, 1.82) is 0 Å². The highest BCUT2D eigenvalue weighted by Gasteiger charge is 2.12. The quantitative estimate of drug-likeness (QED) is 0.555. The van der Waals surface area contributed by atoms with Gasteiger partial charge in [0.1, 0.15) is 5.01 Å². The van der Waals surface area contributed by atoms with E-state index in [0.29, 0.717) is 11.5 Å². The minimum Gasteiger partial charge on any atom is -0.368 e. The Labute approximate surface area is 155 Å². The molecule has 4 rings (SSSR count). The van der Waals surface area contributed by atoms with Gasteiger partial charge < -0.3 is 4.90 Å². The molecule has 6 heteroatoms. The molecule has 0 fully saturated rings. The summed E-state index contributed by atoms with van der Waals surface area (Å²) >= 11 is 1.43. The topological polar surface area (TPSA) is 50.5 Å². The third kappa shape index (κ3) is 3.11. The number of nitrogens with zero attached hydrogens (tertiary/aromatic N) is 4. The number of aryl methyl sites for hydroxylation is 1. The first-order valence-corrected chi connectivity index (χ1v) is 9.15. The van der Waals surface area contributed by atoms with Gasteiger partial charge in [-0.25, -0.2) is 4.98 Å². The average Bonchev–Trinajstić information content (AvgIpc) is 3.03. The third-order valence-corrected chi connectivity index (χ3v) is 5.02. The SMILES string of the molecule is Cc1nn2c(=O)cc(CN(C)c3ccccc3-c3ccccc3)nc2s1. The van der Waals surface area contributed by atoms with Crippen molar-refractivity contribution < 1.29 is 0 Å². The zero-order valence-electron chi connectivity index (χ0n) is 14.6. The molecule has 0 aliphatic rings. The number of hydrogen-bond donors (Lipinski definition) is 0. The predicted octanol–water partition coefficient (Wildman–Crippen LogP) is 3.76. The van der Waals surface area contributed by atoms with Gasteiger partial charge in [0.15, 0.2) is 0 Å². The molecule has 0 radical (unpaired) electrons. The Morgan fingerprint density at radius 2 is 1.81 bits per heavy atom. The molecule has 26 heavy (non-hydrogen) atoms. The Hall–Kier alpha value is -2.99. The standard InChI is InChI=1S/C20H18N4OS/c1-14-22-24-19(25)12-16(21-20(24)26-14)13-23(2)18-11-7-6-10-17(18)15-8-4-3-5-9-15/h3-12H,13H2,1-2H3. The Bertz CT molecular complexity index is 1120. The lowest BCUT2D eigenvalue weighted by molar-refractivity contribution is 0.835. The van der Waals surface area contributed by atoms with E-state index >= 15 is 0 Å². The smallest absolute Gasteiger partial charge is 0.275 e. The van der Waals surface area contributed by atoms with E-state index in [4.69, 9.17) is 0 Å². The average molecular weight is 362 g/mol. The van der Waals surface area contributed by atoms with Gasteiger partial charge in [-0.15, -0.1) is 0 Å². The van der Waals surface area contributed by atoms with E-state index in [9.17, 15) is 4.79 Å². The zero-order valence-corrected chi connectivity index (χ0v) is 15.4. The molecule has 0 atom stereocenters. The Kier molecular flexibility index (Phi) is 4.26. The van der Waals surface area contributed by atoms with Crippen LogP contribution >= 0.6 is 11.3 Å². The van der Waals surface area contributed by atoms with Gasteiger partial charge in [0, 0.05) is 24.4 Å². The van der Waals surface area contributed by atoms with Crippen molar-refractivity contribution in [2.75, 3.05) is 11.9 Å². The lowest BCUT2D eigenvalue weighted by atomic mass is 10.0. The van der Waals surface area contributed by atoms with Gasteiger partial charge in [-0.1, -0.05) is 59.9 Å². The van der Waals surface area contributed by atoms with Crippen molar-refractivity contribution >= 4 is 22.0 Å². The molecule has 2 aromatic carbocycles. The van der Waals surface area contributed by atoms with E-state index in [1.165, 1.54) is 15.9 Å². The fraction of sp³-hybridized carbons (Fsp3) is 0.150. The van der Waals surface area contributed by atoms with Gasteiger partial charge in [0.2, 0.25) is 4.96 Å². The summed E-state index contributed by atoms with van der Waals surface area (Å²) in [5, 5.41) is 5.02. The van der Waals surface area contributed by atoms with E-state index in [-0.39, 0.29) is 5.56 Å². The van der Waals surface area contributed by atoms with E-state index < -0.39 is 0 Å². The zero-order chi connectivity index (χ0) is 18.1. The number of rotatable bonds is 4. The van der Waals surface area contributed by atoms with Crippen LogP contribution in [-0.4, -0.2) is 21.6 Å². The van der Waals surface area contributed by atoms with E-state index in [2.05, 4.69) is 39.2 Å². The number of fused-ring (bicyclic) bond motifs is 1. The van der Waals surface area contributed by atoms with Crippen LogP contribution in [0.2, 0.25) is 0 Å². The Morgan fingerprint density at radius 1 is 1.08 bits per heavy atom. The first kappa shape index (κ1) is 16.5. The lowest BCUT2D eigenvalue weighted by Crippen LogP contribution is -2.22. The van der Waals surface area contributed by atoms with Gasteiger partial charge in [-0.2, -0.15) is 9.61 Å². The van der Waals surface area contributed by atoms with Gasteiger partial charge in [0.25, 0.3) is 5.56 Å². The molecule has 0 aliphatic heterocycles. The van der Waals surface area contributed by atoms with Crippen LogP contribution in [0.4, 0.5) is 5.69 Å². The molecule has 0 spiro atoms.